The molecule has 25 heavy (non-hydrogen) atoms. The fourth-order valence-corrected chi connectivity index (χ4v) is 3.50. The zero-order valence-electron chi connectivity index (χ0n) is 13.7. The molecular weight excluding hydrogens is 338 g/mol. The van der Waals surface area contributed by atoms with E-state index in [4.69, 9.17) is 4.74 Å². The Balaban J connectivity index is 1.44. The van der Waals surface area contributed by atoms with Gasteiger partial charge in [0.05, 0.1) is 5.00 Å². The fraction of sp³-hybridized carbons (Fsp3) is 0.333. The van der Waals surface area contributed by atoms with Gasteiger partial charge in [-0.25, -0.2) is 9.59 Å². The van der Waals surface area contributed by atoms with E-state index in [0.717, 1.165) is 24.3 Å². The number of thiophene rings is 1. The van der Waals surface area contributed by atoms with E-state index >= 15 is 0 Å². The molecule has 1 saturated carbocycles. The second-order valence-corrected chi connectivity index (χ2v) is 6.91. The maximum Gasteiger partial charge on any atom is 0.411 e. The van der Waals surface area contributed by atoms with Crippen LogP contribution in [-0.2, 0) is 4.74 Å². The molecule has 1 aromatic carbocycles. The number of benzene rings is 1. The topological polar surface area (TPSA) is 79.5 Å². The number of hydrogen-bond donors (Lipinski definition) is 3. The predicted molar refractivity (Wildman–Crippen MR) is 99.1 cm³/mol. The quantitative estimate of drug-likeness (QED) is 0.755. The van der Waals surface area contributed by atoms with E-state index in [1.807, 2.05) is 35.7 Å². The first-order valence-electron chi connectivity index (χ1n) is 8.33. The van der Waals surface area contributed by atoms with Crippen LogP contribution in [0.3, 0.4) is 0 Å². The van der Waals surface area contributed by atoms with Gasteiger partial charge in [0.25, 0.3) is 0 Å². The highest BCUT2D eigenvalue weighted by atomic mass is 32.1. The third kappa shape index (κ3) is 5.49. The maximum atomic E-state index is 12.0. The molecule has 0 unspecified atom stereocenters. The van der Waals surface area contributed by atoms with E-state index in [2.05, 4.69) is 16.0 Å². The van der Waals surface area contributed by atoms with Crippen molar-refractivity contribution in [2.24, 2.45) is 0 Å². The van der Waals surface area contributed by atoms with E-state index in [1.165, 1.54) is 11.3 Å². The number of urea groups is 1. The van der Waals surface area contributed by atoms with Crippen LogP contribution in [0.25, 0.3) is 0 Å². The molecule has 0 bridgehead atoms. The minimum absolute atomic E-state index is 0.00300. The average molecular weight is 359 g/mol. The molecule has 1 heterocycles. The monoisotopic (exact) mass is 359 g/mol. The first-order chi connectivity index (χ1) is 12.2. The first-order valence-corrected chi connectivity index (χ1v) is 9.21. The van der Waals surface area contributed by atoms with Crippen LogP contribution in [0.2, 0.25) is 0 Å². The van der Waals surface area contributed by atoms with Crippen LogP contribution in [0.5, 0.6) is 0 Å². The number of anilines is 2. The van der Waals surface area contributed by atoms with Crippen molar-refractivity contribution >= 4 is 34.1 Å². The molecule has 0 aliphatic heterocycles. The number of para-hydroxylation sites is 1. The van der Waals surface area contributed by atoms with Gasteiger partial charge in [0.1, 0.15) is 6.10 Å². The molecule has 2 aromatic rings. The Bertz CT molecular complexity index is 691. The molecule has 132 valence electrons. The van der Waals surface area contributed by atoms with Crippen LogP contribution in [0.1, 0.15) is 25.7 Å². The summed E-state index contributed by atoms with van der Waals surface area (Å²) in [6.07, 6.45) is 2.59. The Kier molecular flexibility index (Phi) is 5.90. The highest BCUT2D eigenvalue weighted by Gasteiger charge is 2.26. The van der Waals surface area contributed by atoms with Crippen LogP contribution in [0.4, 0.5) is 20.3 Å². The van der Waals surface area contributed by atoms with E-state index in [-0.39, 0.29) is 18.2 Å². The summed E-state index contributed by atoms with van der Waals surface area (Å²) in [4.78, 5) is 24.0. The lowest BCUT2D eigenvalue weighted by molar-refractivity contribution is 0.0779. The standard InChI is InChI=1S/C18H21N3O3S/c22-17(21-16-10-5-11-25-16)19-14-8-4-9-15(12-14)24-18(23)20-13-6-2-1-3-7-13/h1-3,5-7,10-11,14-15H,4,8-9,12H2,(H,20,23)(H2,19,21,22)/t14-,15-/m0/s1. The fourth-order valence-electron chi connectivity index (χ4n) is 2.89. The molecule has 1 aromatic heterocycles. The molecule has 3 amide bonds. The van der Waals surface area contributed by atoms with Crippen molar-refractivity contribution in [3.63, 3.8) is 0 Å². The van der Waals surface area contributed by atoms with E-state index in [0.29, 0.717) is 12.1 Å². The molecule has 3 rings (SSSR count). The number of hydrogen-bond acceptors (Lipinski definition) is 4. The van der Waals surface area contributed by atoms with Crippen molar-refractivity contribution in [3.05, 3.63) is 47.8 Å². The Morgan fingerprint density at radius 2 is 1.88 bits per heavy atom. The third-order valence-electron chi connectivity index (χ3n) is 4.01. The highest BCUT2D eigenvalue weighted by molar-refractivity contribution is 7.14. The molecule has 1 aliphatic carbocycles. The summed E-state index contributed by atoms with van der Waals surface area (Å²) >= 11 is 1.47. The van der Waals surface area contributed by atoms with Gasteiger partial charge in [0.15, 0.2) is 0 Å². The van der Waals surface area contributed by atoms with Gasteiger partial charge < -0.3 is 10.1 Å². The summed E-state index contributed by atoms with van der Waals surface area (Å²) in [5.41, 5.74) is 0.702. The largest absolute Gasteiger partial charge is 0.446 e. The zero-order valence-corrected chi connectivity index (χ0v) is 14.6. The van der Waals surface area contributed by atoms with Crippen molar-refractivity contribution in [2.45, 2.75) is 37.8 Å². The number of carbonyl (C=O) groups is 2. The Morgan fingerprint density at radius 1 is 1.04 bits per heavy atom. The lowest BCUT2D eigenvalue weighted by atomic mass is 9.93. The molecule has 7 heteroatoms. The van der Waals surface area contributed by atoms with Gasteiger partial charge in [-0.3, -0.25) is 10.6 Å². The molecular formula is C18H21N3O3S. The van der Waals surface area contributed by atoms with Gasteiger partial charge in [-0.15, -0.1) is 11.3 Å². The van der Waals surface area contributed by atoms with Crippen LogP contribution >= 0.6 is 11.3 Å². The van der Waals surface area contributed by atoms with Crippen molar-refractivity contribution in [1.29, 1.82) is 0 Å². The van der Waals surface area contributed by atoms with Crippen molar-refractivity contribution in [2.75, 3.05) is 10.6 Å². The molecule has 2 atom stereocenters. The second-order valence-electron chi connectivity index (χ2n) is 5.96. The smallest absolute Gasteiger partial charge is 0.411 e. The van der Waals surface area contributed by atoms with E-state index in [9.17, 15) is 9.59 Å². The minimum Gasteiger partial charge on any atom is -0.446 e. The van der Waals surface area contributed by atoms with Crippen LogP contribution in [-0.4, -0.2) is 24.3 Å². The molecule has 1 fully saturated rings. The van der Waals surface area contributed by atoms with E-state index in [1.54, 1.807) is 12.1 Å². The number of amides is 3. The highest BCUT2D eigenvalue weighted by Crippen LogP contribution is 2.22. The van der Waals surface area contributed by atoms with Crippen molar-refractivity contribution < 1.29 is 14.3 Å². The van der Waals surface area contributed by atoms with Gasteiger partial charge in [-0.05, 0) is 48.9 Å². The Morgan fingerprint density at radius 3 is 2.64 bits per heavy atom. The SMILES string of the molecule is O=C(Nc1cccs1)N[C@H]1CCC[C@H](OC(=O)Nc2ccccc2)C1. The van der Waals surface area contributed by atoms with Gasteiger partial charge in [0.2, 0.25) is 0 Å². The van der Waals surface area contributed by atoms with Crippen LogP contribution < -0.4 is 16.0 Å². The number of carbonyl (C=O) groups excluding carboxylic acids is 2. The predicted octanol–water partition coefficient (Wildman–Crippen LogP) is 4.43. The number of nitrogens with one attached hydrogen (secondary N) is 3. The van der Waals surface area contributed by atoms with E-state index < -0.39 is 6.09 Å². The average Bonchev–Trinajstić information content (AvgIpc) is 3.08. The Hall–Kier alpha value is -2.54. The van der Waals surface area contributed by atoms with Gasteiger partial charge >= 0.3 is 12.1 Å². The van der Waals surface area contributed by atoms with Gasteiger partial charge in [-0.2, -0.15) is 0 Å². The molecule has 0 radical (unpaired) electrons. The molecule has 0 saturated heterocycles. The molecule has 0 spiro atoms. The molecule has 6 nitrogen and oxygen atoms in total. The normalized spacial score (nSPS) is 19.7. The molecule has 3 N–H and O–H groups in total. The number of ether oxygens (including phenoxy) is 1. The van der Waals surface area contributed by atoms with Gasteiger partial charge in [0, 0.05) is 18.2 Å². The lowest BCUT2D eigenvalue weighted by Crippen LogP contribution is -2.43. The first kappa shape index (κ1) is 17.3. The van der Waals surface area contributed by atoms with Gasteiger partial charge in [-0.1, -0.05) is 18.2 Å². The third-order valence-corrected chi connectivity index (χ3v) is 4.80. The van der Waals surface area contributed by atoms with Crippen LogP contribution in [0, 0.1) is 0 Å². The summed E-state index contributed by atoms with van der Waals surface area (Å²) in [5.74, 6) is 0. The summed E-state index contributed by atoms with van der Waals surface area (Å²) < 4.78 is 5.49. The zero-order chi connectivity index (χ0) is 17.5. The summed E-state index contributed by atoms with van der Waals surface area (Å²) in [5, 5.41) is 11.2. The summed E-state index contributed by atoms with van der Waals surface area (Å²) in [6.45, 7) is 0. The number of rotatable bonds is 4. The van der Waals surface area contributed by atoms with Crippen LogP contribution in [0.15, 0.2) is 47.8 Å². The lowest BCUT2D eigenvalue weighted by Gasteiger charge is -2.29. The Labute approximate surface area is 150 Å². The van der Waals surface area contributed by atoms with Crippen molar-refractivity contribution in [1.82, 2.24) is 5.32 Å². The van der Waals surface area contributed by atoms with Crippen molar-refractivity contribution in [3.8, 4) is 0 Å². The minimum atomic E-state index is -0.458. The summed E-state index contributed by atoms with van der Waals surface area (Å²) in [7, 11) is 0. The summed E-state index contributed by atoms with van der Waals surface area (Å²) in [6, 6.07) is 12.7. The second kappa shape index (κ2) is 8.53. The molecule has 1 aliphatic rings. The maximum absolute atomic E-state index is 12.0.